The SMILES string of the molecule is COc1cccc(CNc2cccc(NC(=O)CC(C)C)c2)c1OCc1ccc(Cl)c(Cl)c1. The molecule has 0 fully saturated rings. The molecule has 0 heterocycles. The lowest BCUT2D eigenvalue weighted by atomic mass is 10.1. The van der Waals surface area contributed by atoms with Gasteiger partial charge in [0.2, 0.25) is 5.91 Å². The highest BCUT2D eigenvalue weighted by Crippen LogP contribution is 2.33. The number of methoxy groups -OCH3 is 1. The molecule has 3 aromatic rings. The molecule has 0 saturated heterocycles. The van der Waals surface area contributed by atoms with Crippen LogP contribution in [0.2, 0.25) is 10.0 Å². The molecule has 0 bridgehead atoms. The Bertz CT molecular complexity index is 1100. The van der Waals surface area contributed by atoms with E-state index in [0.29, 0.717) is 47.0 Å². The number of carbonyl (C=O) groups excluding carboxylic acids is 1. The molecule has 5 nitrogen and oxygen atoms in total. The van der Waals surface area contributed by atoms with Gasteiger partial charge in [0.25, 0.3) is 0 Å². The second-order valence-corrected chi connectivity index (χ2v) is 8.88. The van der Waals surface area contributed by atoms with Crippen molar-refractivity contribution < 1.29 is 14.3 Å². The maximum atomic E-state index is 12.1. The summed E-state index contributed by atoms with van der Waals surface area (Å²) >= 11 is 12.1. The number of para-hydroxylation sites is 1. The minimum atomic E-state index is 0.00735. The second kappa shape index (κ2) is 11.8. The molecule has 3 aromatic carbocycles. The van der Waals surface area contributed by atoms with Crippen molar-refractivity contribution in [2.75, 3.05) is 17.7 Å². The van der Waals surface area contributed by atoms with Gasteiger partial charge in [-0.25, -0.2) is 0 Å². The molecule has 0 aromatic heterocycles. The Labute approximate surface area is 205 Å². The van der Waals surface area contributed by atoms with E-state index < -0.39 is 0 Å². The first-order chi connectivity index (χ1) is 15.9. The van der Waals surface area contributed by atoms with Crippen LogP contribution < -0.4 is 20.1 Å². The summed E-state index contributed by atoms with van der Waals surface area (Å²) in [5, 5.41) is 7.33. The Balaban J connectivity index is 1.70. The smallest absolute Gasteiger partial charge is 0.224 e. The summed E-state index contributed by atoms with van der Waals surface area (Å²) in [6.07, 6.45) is 0.487. The molecule has 0 spiro atoms. The Morgan fingerprint density at radius 3 is 2.45 bits per heavy atom. The van der Waals surface area contributed by atoms with Gasteiger partial charge < -0.3 is 20.1 Å². The molecule has 174 valence electrons. The van der Waals surface area contributed by atoms with E-state index in [-0.39, 0.29) is 5.91 Å². The van der Waals surface area contributed by atoms with Crippen LogP contribution in [-0.2, 0) is 17.9 Å². The number of rotatable bonds is 10. The third kappa shape index (κ3) is 7.31. The first kappa shape index (κ1) is 24.7. The molecule has 1 amide bonds. The third-order valence-electron chi connectivity index (χ3n) is 4.87. The fourth-order valence-electron chi connectivity index (χ4n) is 3.30. The summed E-state index contributed by atoms with van der Waals surface area (Å²) in [4.78, 5) is 12.1. The lowest BCUT2D eigenvalue weighted by Crippen LogP contribution is -2.14. The minimum Gasteiger partial charge on any atom is -0.493 e. The van der Waals surface area contributed by atoms with Crippen molar-refractivity contribution in [2.45, 2.75) is 33.4 Å². The van der Waals surface area contributed by atoms with E-state index in [0.717, 1.165) is 22.5 Å². The van der Waals surface area contributed by atoms with Gasteiger partial charge in [0.15, 0.2) is 11.5 Å². The number of hydrogen-bond donors (Lipinski definition) is 2. The van der Waals surface area contributed by atoms with E-state index in [4.69, 9.17) is 32.7 Å². The maximum Gasteiger partial charge on any atom is 0.224 e. The van der Waals surface area contributed by atoms with Gasteiger partial charge in [-0.2, -0.15) is 0 Å². The highest BCUT2D eigenvalue weighted by atomic mass is 35.5. The number of hydrogen-bond acceptors (Lipinski definition) is 4. The van der Waals surface area contributed by atoms with Crippen LogP contribution in [0.4, 0.5) is 11.4 Å². The van der Waals surface area contributed by atoms with Crippen LogP contribution in [0, 0.1) is 5.92 Å². The Hall–Kier alpha value is -2.89. The van der Waals surface area contributed by atoms with Gasteiger partial charge in [-0.3, -0.25) is 4.79 Å². The van der Waals surface area contributed by atoms with Crippen LogP contribution in [0.5, 0.6) is 11.5 Å². The van der Waals surface area contributed by atoms with E-state index in [1.165, 1.54) is 0 Å². The number of halogens is 2. The standard InChI is InChI=1S/C26H28Cl2N2O3/c1-17(2)12-25(31)30-21-8-5-7-20(14-21)29-15-19-6-4-9-24(32-3)26(19)33-16-18-10-11-22(27)23(28)13-18/h4-11,13-14,17,29H,12,15-16H2,1-3H3,(H,30,31). The molecular weight excluding hydrogens is 459 g/mol. The molecule has 0 unspecified atom stereocenters. The Morgan fingerprint density at radius 2 is 1.73 bits per heavy atom. The predicted octanol–water partition coefficient (Wildman–Crippen LogP) is 7.18. The van der Waals surface area contributed by atoms with Crippen molar-refractivity contribution in [2.24, 2.45) is 5.92 Å². The number of ether oxygens (including phenoxy) is 2. The van der Waals surface area contributed by atoms with Gasteiger partial charge in [0, 0.05) is 29.9 Å². The maximum absolute atomic E-state index is 12.1. The van der Waals surface area contributed by atoms with Gasteiger partial charge >= 0.3 is 0 Å². The van der Waals surface area contributed by atoms with Gasteiger partial charge in [0.05, 0.1) is 17.2 Å². The highest BCUT2D eigenvalue weighted by molar-refractivity contribution is 6.42. The van der Waals surface area contributed by atoms with Crippen molar-refractivity contribution in [3.8, 4) is 11.5 Å². The second-order valence-electron chi connectivity index (χ2n) is 8.07. The largest absolute Gasteiger partial charge is 0.493 e. The van der Waals surface area contributed by atoms with E-state index >= 15 is 0 Å². The lowest BCUT2D eigenvalue weighted by molar-refractivity contribution is -0.116. The molecule has 3 rings (SSSR count). The molecule has 2 N–H and O–H groups in total. The number of benzene rings is 3. The van der Waals surface area contributed by atoms with Crippen molar-refractivity contribution >= 4 is 40.5 Å². The molecule has 0 saturated carbocycles. The van der Waals surface area contributed by atoms with Crippen LogP contribution in [0.25, 0.3) is 0 Å². The van der Waals surface area contributed by atoms with Crippen LogP contribution >= 0.6 is 23.2 Å². The third-order valence-corrected chi connectivity index (χ3v) is 5.61. The van der Waals surface area contributed by atoms with Crippen LogP contribution in [-0.4, -0.2) is 13.0 Å². The first-order valence-electron chi connectivity index (χ1n) is 10.7. The minimum absolute atomic E-state index is 0.00735. The molecular formula is C26H28Cl2N2O3. The summed E-state index contributed by atoms with van der Waals surface area (Å²) in [6.45, 7) is 4.87. The zero-order valence-corrected chi connectivity index (χ0v) is 20.5. The molecule has 0 aliphatic rings. The number of carbonyl (C=O) groups is 1. The fourth-order valence-corrected chi connectivity index (χ4v) is 3.62. The highest BCUT2D eigenvalue weighted by Gasteiger charge is 2.12. The van der Waals surface area contributed by atoms with E-state index in [1.807, 2.05) is 62.4 Å². The van der Waals surface area contributed by atoms with Gasteiger partial charge in [-0.05, 0) is 47.9 Å². The Kier molecular flexibility index (Phi) is 8.87. The van der Waals surface area contributed by atoms with Crippen LogP contribution in [0.3, 0.4) is 0 Å². The van der Waals surface area contributed by atoms with Crippen molar-refractivity contribution in [3.63, 3.8) is 0 Å². The Morgan fingerprint density at radius 1 is 0.970 bits per heavy atom. The van der Waals surface area contributed by atoms with E-state index in [9.17, 15) is 4.79 Å². The first-order valence-corrected chi connectivity index (χ1v) is 11.5. The summed E-state index contributed by atoms with van der Waals surface area (Å²) in [7, 11) is 1.61. The molecule has 0 aliphatic carbocycles. The molecule has 7 heteroatoms. The molecule has 33 heavy (non-hydrogen) atoms. The van der Waals surface area contributed by atoms with Crippen molar-refractivity contribution in [3.05, 3.63) is 81.8 Å². The fraction of sp³-hybridized carbons (Fsp3) is 0.269. The average molecular weight is 487 g/mol. The van der Waals surface area contributed by atoms with Crippen molar-refractivity contribution in [1.82, 2.24) is 0 Å². The van der Waals surface area contributed by atoms with E-state index in [1.54, 1.807) is 19.2 Å². The lowest BCUT2D eigenvalue weighted by Gasteiger charge is -2.17. The predicted molar refractivity (Wildman–Crippen MR) is 136 cm³/mol. The van der Waals surface area contributed by atoms with Crippen LogP contribution in [0.1, 0.15) is 31.4 Å². The number of amides is 1. The van der Waals surface area contributed by atoms with Gasteiger partial charge in [0.1, 0.15) is 6.61 Å². The topological polar surface area (TPSA) is 59.6 Å². The van der Waals surface area contributed by atoms with Crippen LogP contribution in [0.15, 0.2) is 60.7 Å². The number of anilines is 2. The zero-order valence-electron chi connectivity index (χ0n) is 19.0. The molecule has 0 aliphatic heterocycles. The monoisotopic (exact) mass is 486 g/mol. The van der Waals surface area contributed by atoms with Gasteiger partial charge in [-0.1, -0.05) is 61.3 Å². The number of nitrogens with one attached hydrogen (secondary N) is 2. The van der Waals surface area contributed by atoms with Gasteiger partial charge in [-0.15, -0.1) is 0 Å². The summed E-state index contributed by atoms with van der Waals surface area (Å²) in [5.74, 6) is 1.61. The zero-order chi connectivity index (χ0) is 23.8. The normalized spacial score (nSPS) is 10.7. The molecule has 0 radical (unpaired) electrons. The molecule has 0 atom stereocenters. The average Bonchev–Trinajstić information content (AvgIpc) is 2.78. The van der Waals surface area contributed by atoms with Crippen molar-refractivity contribution in [1.29, 1.82) is 0 Å². The summed E-state index contributed by atoms with van der Waals surface area (Å²) in [6, 6.07) is 18.8. The summed E-state index contributed by atoms with van der Waals surface area (Å²) < 4.78 is 11.6. The van der Waals surface area contributed by atoms with E-state index in [2.05, 4.69) is 10.6 Å². The summed E-state index contributed by atoms with van der Waals surface area (Å²) in [5.41, 5.74) is 3.48. The quantitative estimate of drug-likeness (QED) is 0.318.